The summed E-state index contributed by atoms with van der Waals surface area (Å²) in [4.78, 5) is 2.19. The van der Waals surface area contributed by atoms with E-state index in [-0.39, 0.29) is 11.9 Å². The van der Waals surface area contributed by atoms with Crippen LogP contribution in [0.5, 0.6) is 11.5 Å². The molecule has 106 valence electrons. The maximum absolute atomic E-state index is 9.75. The molecule has 1 saturated heterocycles. The number of nitrogens with one attached hydrogen (secondary N) is 1. The third-order valence-electron chi connectivity index (χ3n) is 3.22. The van der Waals surface area contributed by atoms with Crippen molar-refractivity contribution in [3.05, 3.63) is 23.8 Å². The van der Waals surface area contributed by atoms with Gasteiger partial charge in [-0.1, -0.05) is 6.07 Å². The Bertz CT molecular complexity index is 406. The molecule has 1 aliphatic heterocycles. The lowest BCUT2D eigenvalue weighted by molar-refractivity contribution is 0.00884. The highest BCUT2D eigenvalue weighted by Gasteiger charge is 2.15. The Morgan fingerprint density at radius 3 is 3.00 bits per heavy atom. The van der Waals surface area contributed by atoms with Crippen LogP contribution in [0.1, 0.15) is 5.56 Å². The highest BCUT2D eigenvalue weighted by Crippen LogP contribution is 2.26. The molecule has 1 unspecified atom stereocenters. The first-order chi connectivity index (χ1) is 9.19. The van der Waals surface area contributed by atoms with Gasteiger partial charge in [0.05, 0.1) is 19.8 Å². The Kier molecular flexibility index (Phi) is 5.01. The predicted octanol–water partition coefficient (Wildman–Crippen LogP) is 0.821. The second-order valence-corrected chi connectivity index (χ2v) is 4.90. The topological polar surface area (TPSA) is 54.0 Å². The minimum Gasteiger partial charge on any atom is -0.504 e. The van der Waals surface area contributed by atoms with Crippen molar-refractivity contribution in [3.63, 3.8) is 0 Å². The predicted molar refractivity (Wildman–Crippen MR) is 73.6 cm³/mol. The highest BCUT2D eigenvalue weighted by molar-refractivity contribution is 5.41. The number of benzene rings is 1. The second-order valence-electron chi connectivity index (χ2n) is 4.90. The Morgan fingerprint density at radius 2 is 2.37 bits per heavy atom. The van der Waals surface area contributed by atoms with Crippen molar-refractivity contribution in [1.29, 1.82) is 0 Å². The number of methoxy groups -OCH3 is 1. The van der Waals surface area contributed by atoms with E-state index in [1.54, 1.807) is 19.2 Å². The largest absolute Gasteiger partial charge is 0.504 e. The summed E-state index contributed by atoms with van der Waals surface area (Å²) in [6.45, 7) is 4.27. The second kappa shape index (κ2) is 6.75. The summed E-state index contributed by atoms with van der Waals surface area (Å²) in [6, 6.07) is 5.50. The molecule has 2 N–H and O–H groups in total. The lowest BCUT2D eigenvalue weighted by Crippen LogP contribution is -2.44. The van der Waals surface area contributed by atoms with Crippen molar-refractivity contribution < 1.29 is 14.6 Å². The quantitative estimate of drug-likeness (QED) is 0.826. The SMILES string of the molecule is COc1ccc(CN(C)CC2CNCCO2)cc1O. The molecule has 1 fully saturated rings. The van der Waals surface area contributed by atoms with Crippen LogP contribution < -0.4 is 10.1 Å². The molecule has 19 heavy (non-hydrogen) atoms. The molecule has 5 heteroatoms. The van der Waals surface area contributed by atoms with E-state index in [0.29, 0.717) is 5.75 Å². The van der Waals surface area contributed by atoms with Gasteiger partial charge in [-0.25, -0.2) is 0 Å². The molecule has 0 saturated carbocycles. The van der Waals surface area contributed by atoms with Gasteiger partial charge in [-0.3, -0.25) is 4.90 Å². The van der Waals surface area contributed by atoms with Crippen LogP contribution in [0.2, 0.25) is 0 Å². The summed E-state index contributed by atoms with van der Waals surface area (Å²) in [5, 5.41) is 13.1. The van der Waals surface area contributed by atoms with Gasteiger partial charge in [-0.2, -0.15) is 0 Å². The first kappa shape index (κ1) is 14.1. The van der Waals surface area contributed by atoms with Gasteiger partial charge < -0.3 is 19.9 Å². The van der Waals surface area contributed by atoms with Crippen molar-refractivity contribution in [2.45, 2.75) is 12.6 Å². The van der Waals surface area contributed by atoms with E-state index in [2.05, 4.69) is 17.3 Å². The van der Waals surface area contributed by atoms with E-state index < -0.39 is 0 Å². The average Bonchev–Trinajstić information content (AvgIpc) is 2.40. The van der Waals surface area contributed by atoms with Crippen LogP contribution in [0.3, 0.4) is 0 Å². The lowest BCUT2D eigenvalue weighted by Gasteiger charge is -2.28. The summed E-state index contributed by atoms with van der Waals surface area (Å²) < 4.78 is 10.7. The van der Waals surface area contributed by atoms with Crippen LogP contribution in [0.15, 0.2) is 18.2 Å². The number of hydrogen-bond donors (Lipinski definition) is 2. The molecule has 5 nitrogen and oxygen atoms in total. The normalized spacial score (nSPS) is 19.6. The maximum atomic E-state index is 9.75. The molecule has 1 aliphatic rings. The zero-order chi connectivity index (χ0) is 13.7. The van der Waals surface area contributed by atoms with Crippen molar-refractivity contribution in [1.82, 2.24) is 10.2 Å². The van der Waals surface area contributed by atoms with Gasteiger partial charge in [0.15, 0.2) is 11.5 Å². The summed E-state index contributed by atoms with van der Waals surface area (Å²) >= 11 is 0. The zero-order valence-corrected chi connectivity index (χ0v) is 11.6. The van der Waals surface area contributed by atoms with E-state index in [1.807, 2.05) is 6.07 Å². The molecular weight excluding hydrogens is 244 g/mol. The minimum absolute atomic E-state index is 0.184. The fourth-order valence-corrected chi connectivity index (χ4v) is 2.29. The number of rotatable bonds is 5. The van der Waals surface area contributed by atoms with Crippen molar-refractivity contribution in [2.24, 2.45) is 0 Å². The molecule has 1 atom stereocenters. The molecule has 0 spiro atoms. The molecule has 0 aliphatic carbocycles. The van der Waals surface area contributed by atoms with Gasteiger partial charge >= 0.3 is 0 Å². The summed E-state index contributed by atoms with van der Waals surface area (Å²) in [5.41, 5.74) is 1.06. The van der Waals surface area contributed by atoms with Crippen LogP contribution in [-0.2, 0) is 11.3 Å². The van der Waals surface area contributed by atoms with Crippen LogP contribution in [-0.4, -0.2) is 56.5 Å². The summed E-state index contributed by atoms with van der Waals surface area (Å²) in [6.07, 6.45) is 0.241. The number of phenolic OH excluding ortho intramolecular Hbond substituents is 1. The van der Waals surface area contributed by atoms with Gasteiger partial charge in [0.2, 0.25) is 0 Å². The lowest BCUT2D eigenvalue weighted by atomic mass is 10.2. The molecular formula is C14H22N2O3. The summed E-state index contributed by atoms with van der Waals surface area (Å²) in [5.74, 6) is 0.690. The van der Waals surface area contributed by atoms with Crippen LogP contribution in [0, 0.1) is 0 Å². The Morgan fingerprint density at radius 1 is 1.53 bits per heavy atom. The smallest absolute Gasteiger partial charge is 0.160 e. The van der Waals surface area contributed by atoms with Crippen LogP contribution >= 0.6 is 0 Å². The molecule has 1 aromatic rings. The molecule has 0 bridgehead atoms. The van der Waals surface area contributed by atoms with E-state index in [0.717, 1.165) is 38.3 Å². The molecule has 0 aromatic heterocycles. The molecule has 2 rings (SSSR count). The van der Waals surface area contributed by atoms with Gasteiger partial charge in [-0.05, 0) is 24.7 Å². The average molecular weight is 266 g/mol. The van der Waals surface area contributed by atoms with E-state index in [1.165, 1.54) is 0 Å². The van der Waals surface area contributed by atoms with Gasteiger partial charge in [0, 0.05) is 26.2 Å². The summed E-state index contributed by atoms with van der Waals surface area (Å²) in [7, 11) is 3.60. The zero-order valence-electron chi connectivity index (χ0n) is 11.6. The third kappa shape index (κ3) is 4.09. The molecule has 1 aromatic carbocycles. The Hall–Kier alpha value is -1.30. The van der Waals surface area contributed by atoms with Gasteiger partial charge in [0.1, 0.15) is 0 Å². The maximum Gasteiger partial charge on any atom is 0.160 e. The third-order valence-corrected chi connectivity index (χ3v) is 3.22. The van der Waals surface area contributed by atoms with Crippen molar-refractivity contribution in [3.8, 4) is 11.5 Å². The monoisotopic (exact) mass is 266 g/mol. The molecule has 1 heterocycles. The molecule has 0 radical (unpaired) electrons. The number of likely N-dealkylation sites (N-methyl/N-ethyl adjacent to an activating group) is 1. The van der Waals surface area contributed by atoms with Crippen molar-refractivity contribution in [2.75, 3.05) is 40.4 Å². The van der Waals surface area contributed by atoms with Crippen LogP contribution in [0.25, 0.3) is 0 Å². The minimum atomic E-state index is 0.184. The first-order valence-corrected chi connectivity index (χ1v) is 6.56. The number of phenols is 1. The van der Waals surface area contributed by atoms with E-state index >= 15 is 0 Å². The number of ether oxygens (including phenoxy) is 2. The number of hydrogen-bond acceptors (Lipinski definition) is 5. The van der Waals surface area contributed by atoms with E-state index in [9.17, 15) is 5.11 Å². The van der Waals surface area contributed by atoms with Crippen molar-refractivity contribution >= 4 is 0 Å². The Balaban J connectivity index is 1.87. The number of morpholine rings is 1. The first-order valence-electron chi connectivity index (χ1n) is 6.56. The number of aromatic hydroxyl groups is 1. The van der Waals surface area contributed by atoms with Gasteiger partial charge in [0.25, 0.3) is 0 Å². The van der Waals surface area contributed by atoms with E-state index in [4.69, 9.17) is 9.47 Å². The standard InChI is InChI=1S/C14H22N2O3/c1-16(10-12-8-15-5-6-19-12)9-11-3-4-14(18-2)13(17)7-11/h3-4,7,12,15,17H,5-6,8-10H2,1-2H3. The fourth-order valence-electron chi connectivity index (χ4n) is 2.29. The van der Waals surface area contributed by atoms with Crippen LogP contribution in [0.4, 0.5) is 0 Å². The fraction of sp³-hybridized carbons (Fsp3) is 0.571. The number of nitrogens with zero attached hydrogens (tertiary/aromatic N) is 1. The Labute approximate surface area is 114 Å². The molecule has 0 amide bonds. The van der Waals surface area contributed by atoms with Gasteiger partial charge in [-0.15, -0.1) is 0 Å². The highest BCUT2D eigenvalue weighted by atomic mass is 16.5.